The Hall–Kier alpha value is -1.96. The highest BCUT2D eigenvalue weighted by Crippen LogP contribution is 2.28. The van der Waals surface area contributed by atoms with Gasteiger partial charge < -0.3 is 10.5 Å². The van der Waals surface area contributed by atoms with Crippen LogP contribution in [0.1, 0.15) is 11.1 Å². The van der Waals surface area contributed by atoms with E-state index in [1.165, 1.54) is 7.11 Å². The van der Waals surface area contributed by atoms with Crippen molar-refractivity contribution < 1.29 is 9.66 Å². The van der Waals surface area contributed by atoms with E-state index < -0.39 is 4.92 Å². The molecule has 2 aromatic carbocycles. The minimum Gasteiger partial charge on any atom is -0.490 e. The van der Waals surface area contributed by atoms with Gasteiger partial charge in [-0.15, -0.1) is 0 Å². The summed E-state index contributed by atoms with van der Waals surface area (Å²) in [7, 11) is 1.43. The summed E-state index contributed by atoms with van der Waals surface area (Å²) in [6, 6.07) is 13.1. The van der Waals surface area contributed by atoms with Crippen molar-refractivity contribution in [3.63, 3.8) is 0 Å². The fourth-order valence-electron chi connectivity index (χ4n) is 2.48. The van der Waals surface area contributed by atoms with Crippen LogP contribution >= 0.6 is 15.9 Å². The molecule has 0 saturated carbocycles. The lowest BCUT2D eigenvalue weighted by Crippen LogP contribution is -2.28. The van der Waals surface area contributed by atoms with Gasteiger partial charge in [-0.3, -0.25) is 15.0 Å². The van der Waals surface area contributed by atoms with E-state index in [0.717, 1.165) is 22.1 Å². The predicted molar refractivity (Wildman–Crippen MR) is 97.0 cm³/mol. The van der Waals surface area contributed by atoms with Crippen molar-refractivity contribution in [2.45, 2.75) is 13.1 Å². The van der Waals surface area contributed by atoms with Gasteiger partial charge in [-0.25, -0.2) is 0 Å². The smallest absolute Gasteiger partial charge is 0.311 e. The van der Waals surface area contributed by atoms with E-state index in [4.69, 9.17) is 10.5 Å². The molecular weight excluding hydrogens is 374 g/mol. The van der Waals surface area contributed by atoms with E-state index in [0.29, 0.717) is 19.6 Å². The van der Waals surface area contributed by atoms with Crippen molar-refractivity contribution in [3.05, 3.63) is 68.2 Å². The number of methoxy groups -OCH3 is 1. The number of ether oxygens (including phenoxy) is 1. The Morgan fingerprint density at radius 3 is 2.38 bits per heavy atom. The summed E-state index contributed by atoms with van der Waals surface area (Å²) in [5, 5.41) is 11.2. The summed E-state index contributed by atoms with van der Waals surface area (Å²) >= 11 is 3.42. The number of nitro groups is 1. The molecule has 0 heterocycles. The van der Waals surface area contributed by atoms with Gasteiger partial charge in [-0.1, -0.05) is 34.1 Å². The standard InChI is InChI=1S/C17H20BrN3O3/c1-24-17-7-4-14(10-16(17)21(22)23)12-20(9-8-19)11-13-2-5-15(18)6-3-13/h2-7,10H,8-9,11-12,19H2,1H3. The second-order valence-corrected chi connectivity index (χ2v) is 6.30. The molecule has 0 aliphatic carbocycles. The van der Waals surface area contributed by atoms with Crippen molar-refractivity contribution in [3.8, 4) is 5.75 Å². The van der Waals surface area contributed by atoms with Crippen LogP contribution in [-0.2, 0) is 13.1 Å². The molecular formula is C17H20BrN3O3. The van der Waals surface area contributed by atoms with E-state index in [2.05, 4.69) is 20.8 Å². The highest BCUT2D eigenvalue weighted by Gasteiger charge is 2.16. The Balaban J connectivity index is 2.16. The van der Waals surface area contributed by atoms with Gasteiger partial charge in [0.25, 0.3) is 0 Å². The van der Waals surface area contributed by atoms with Gasteiger partial charge in [0.1, 0.15) is 0 Å². The molecule has 24 heavy (non-hydrogen) atoms. The van der Waals surface area contributed by atoms with E-state index in [1.54, 1.807) is 12.1 Å². The molecule has 7 heteroatoms. The van der Waals surface area contributed by atoms with Crippen molar-refractivity contribution >= 4 is 21.6 Å². The summed E-state index contributed by atoms with van der Waals surface area (Å²) in [6.07, 6.45) is 0. The Morgan fingerprint density at radius 2 is 1.79 bits per heavy atom. The van der Waals surface area contributed by atoms with Crippen LogP contribution in [-0.4, -0.2) is 30.0 Å². The van der Waals surface area contributed by atoms with Crippen molar-refractivity contribution in [2.75, 3.05) is 20.2 Å². The normalized spacial score (nSPS) is 10.8. The molecule has 128 valence electrons. The fourth-order valence-corrected chi connectivity index (χ4v) is 2.74. The minimum atomic E-state index is -0.426. The summed E-state index contributed by atoms with van der Waals surface area (Å²) in [4.78, 5) is 12.9. The maximum atomic E-state index is 11.2. The molecule has 0 spiro atoms. The summed E-state index contributed by atoms with van der Waals surface area (Å²) in [5.74, 6) is 0.266. The number of benzene rings is 2. The van der Waals surface area contributed by atoms with Crippen LogP contribution in [0.2, 0.25) is 0 Å². The van der Waals surface area contributed by atoms with Crippen molar-refractivity contribution in [1.82, 2.24) is 4.90 Å². The topological polar surface area (TPSA) is 81.6 Å². The molecule has 0 fully saturated rings. The van der Waals surface area contributed by atoms with Gasteiger partial charge in [0.15, 0.2) is 5.75 Å². The number of hydrogen-bond acceptors (Lipinski definition) is 5. The van der Waals surface area contributed by atoms with Crippen molar-refractivity contribution in [1.29, 1.82) is 0 Å². The average Bonchev–Trinajstić information content (AvgIpc) is 2.57. The van der Waals surface area contributed by atoms with Gasteiger partial charge in [-0.05, 0) is 29.3 Å². The van der Waals surface area contributed by atoms with Crippen LogP contribution in [0.15, 0.2) is 46.9 Å². The Kier molecular flexibility index (Phi) is 6.72. The molecule has 2 aromatic rings. The average molecular weight is 394 g/mol. The molecule has 2 rings (SSSR count). The van der Waals surface area contributed by atoms with Crippen LogP contribution < -0.4 is 10.5 Å². The molecule has 0 aliphatic rings. The van der Waals surface area contributed by atoms with Crippen LogP contribution in [0.25, 0.3) is 0 Å². The number of nitrogens with zero attached hydrogens (tertiary/aromatic N) is 2. The van der Waals surface area contributed by atoms with Crippen LogP contribution in [0.5, 0.6) is 5.75 Å². The SMILES string of the molecule is COc1ccc(CN(CCN)Cc2ccc(Br)cc2)cc1[N+](=O)[O-]. The predicted octanol–water partition coefficient (Wildman–Crippen LogP) is 3.33. The van der Waals surface area contributed by atoms with Gasteiger partial charge in [-0.2, -0.15) is 0 Å². The first kappa shape index (κ1) is 18.4. The zero-order chi connectivity index (χ0) is 17.5. The highest BCUT2D eigenvalue weighted by molar-refractivity contribution is 9.10. The molecule has 0 saturated heterocycles. The lowest BCUT2D eigenvalue weighted by molar-refractivity contribution is -0.385. The molecule has 2 N–H and O–H groups in total. The van der Waals surface area contributed by atoms with E-state index in [-0.39, 0.29) is 11.4 Å². The second-order valence-electron chi connectivity index (χ2n) is 5.39. The third-order valence-electron chi connectivity index (χ3n) is 3.61. The van der Waals surface area contributed by atoms with Gasteiger partial charge in [0, 0.05) is 36.7 Å². The number of nitro benzene ring substituents is 1. The summed E-state index contributed by atoms with van der Waals surface area (Å²) in [5.41, 5.74) is 7.70. The first-order chi connectivity index (χ1) is 11.5. The Bertz CT molecular complexity index is 692. The Morgan fingerprint density at radius 1 is 1.17 bits per heavy atom. The van der Waals surface area contributed by atoms with Gasteiger partial charge in [0.2, 0.25) is 0 Å². The molecule has 0 atom stereocenters. The summed E-state index contributed by atoms with van der Waals surface area (Å²) in [6.45, 7) is 2.53. The van der Waals surface area contributed by atoms with Gasteiger partial charge >= 0.3 is 5.69 Å². The second kappa shape index (κ2) is 8.77. The number of rotatable bonds is 8. The molecule has 0 unspecified atom stereocenters. The third-order valence-corrected chi connectivity index (χ3v) is 4.14. The van der Waals surface area contributed by atoms with Gasteiger partial charge in [0.05, 0.1) is 12.0 Å². The van der Waals surface area contributed by atoms with E-state index in [1.807, 2.05) is 30.3 Å². The van der Waals surface area contributed by atoms with E-state index in [9.17, 15) is 10.1 Å². The van der Waals surface area contributed by atoms with Crippen LogP contribution in [0, 0.1) is 10.1 Å². The molecule has 0 aromatic heterocycles. The van der Waals surface area contributed by atoms with E-state index >= 15 is 0 Å². The van der Waals surface area contributed by atoms with Crippen molar-refractivity contribution in [2.24, 2.45) is 5.73 Å². The monoisotopic (exact) mass is 393 g/mol. The molecule has 0 bridgehead atoms. The first-order valence-electron chi connectivity index (χ1n) is 7.51. The number of hydrogen-bond donors (Lipinski definition) is 1. The number of halogens is 1. The lowest BCUT2D eigenvalue weighted by Gasteiger charge is -2.22. The summed E-state index contributed by atoms with van der Waals surface area (Å²) < 4.78 is 6.07. The third kappa shape index (κ3) is 5.02. The number of nitrogens with two attached hydrogens (primary N) is 1. The largest absolute Gasteiger partial charge is 0.490 e. The highest BCUT2D eigenvalue weighted by atomic mass is 79.9. The first-order valence-corrected chi connectivity index (χ1v) is 8.31. The minimum absolute atomic E-state index is 0.0219. The molecule has 6 nitrogen and oxygen atoms in total. The maximum Gasteiger partial charge on any atom is 0.311 e. The quantitative estimate of drug-likeness (QED) is 0.549. The van der Waals surface area contributed by atoms with Crippen LogP contribution in [0.3, 0.4) is 0 Å². The molecule has 0 amide bonds. The zero-order valence-corrected chi connectivity index (χ0v) is 15.0. The zero-order valence-electron chi connectivity index (χ0n) is 13.4. The maximum absolute atomic E-state index is 11.2. The molecule has 0 radical (unpaired) electrons. The van der Waals surface area contributed by atoms with Crippen LogP contribution in [0.4, 0.5) is 5.69 Å². The molecule has 0 aliphatic heterocycles. The Labute approximate surface area is 149 Å². The fraction of sp³-hybridized carbons (Fsp3) is 0.294. The lowest BCUT2D eigenvalue weighted by atomic mass is 10.1.